The molecule has 2 bridgehead atoms. The molecule has 6 unspecified atom stereocenters. The lowest BCUT2D eigenvalue weighted by Gasteiger charge is -2.63. The number of allylic oxidation sites excluding steroid dienone is 3. The summed E-state index contributed by atoms with van der Waals surface area (Å²) in [6.07, 6.45) is 10.5. The summed E-state index contributed by atoms with van der Waals surface area (Å²) < 4.78 is 12.9. The van der Waals surface area contributed by atoms with E-state index in [2.05, 4.69) is 73.7 Å². The molecule has 6 atom stereocenters. The topological polar surface area (TPSA) is 24.9 Å². The Kier molecular flexibility index (Phi) is 6.21. The standard InChI is InChI=1S/C32H44N2O2/c1-6-27(35-5)17-28-22(2)16-26-20-34(19-25-12-13-25)23(3)31-15-14-30(29(21-36-31)32(26,28)31)33(4)18-24-10-8-7-9-11-24/h6-11,17,23,25-26,29-30H,1,12-16,18-21H2,2-5H3/b27-17+. The molecule has 1 aromatic carbocycles. The number of benzene rings is 1. The molecule has 2 saturated heterocycles. The first-order chi connectivity index (χ1) is 17.4. The van der Waals surface area contributed by atoms with Crippen molar-refractivity contribution >= 4 is 0 Å². The number of ether oxygens (including phenoxy) is 2. The van der Waals surface area contributed by atoms with Crippen LogP contribution in [-0.4, -0.2) is 61.3 Å². The lowest BCUT2D eigenvalue weighted by Crippen LogP contribution is -2.71. The first kappa shape index (κ1) is 24.5. The number of likely N-dealkylation sites (tertiary alicyclic amines) is 1. The average molecular weight is 489 g/mol. The number of hydrogen-bond acceptors (Lipinski definition) is 4. The maximum atomic E-state index is 7.18. The van der Waals surface area contributed by atoms with Gasteiger partial charge in [0.1, 0.15) is 5.76 Å². The molecule has 3 aliphatic carbocycles. The molecule has 36 heavy (non-hydrogen) atoms. The van der Waals surface area contributed by atoms with E-state index in [1.807, 2.05) is 6.08 Å². The summed E-state index contributed by atoms with van der Waals surface area (Å²) in [5.41, 5.74) is 4.34. The molecule has 0 amide bonds. The molecule has 0 radical (unpaired) electrons. The van der Waals surface area contributed by atoms with E-state index in [0.29, 0.717) is 23.9 Å². The molecule has 5 aliphatic rings. The molecule has 2 saturated carbocycles. The summed E-state index contributed by atoms with van der Waals surface area (Å²) in [5.74, 6) is 2.86. The molecule has 1 aromatic rings. The largest absolute Gasteiger partial charge is 0.497 e. The smallest absolute Gasteiger partial charge is 0.118 e. The summed E-state index contributed by atoms with van der Waals surface area (Å²) in [6.45, 7) is 13.2. The minimum Gasteiger partial charge on any atom is -0.497 e. The minimum absolute atomic E-state index is 0.0389. The van der Waals surface area contributed by atoms with Crippen LogP contribution in [0.2, 0.25) is 0 Å². The summed E-state index contributed by atoms with van der Waals surface area (Å²) >= 11 is 0. The molecule has 2 aliphatic heterocycles. The molecule has 2 heterocycles. The monoisotopic (exact) mass is 488 g/mol. The van der Waals surface area contributed by atoms with Gasteiger partial charge in [0.15, 0.2) is 0 Å². The van der Waals surface area contributed by atoms with Crippen LogP contribution in [-0.2, 0) is 16.0 Å². The lowest BCUT2D eigenvalue weighted by molar-refractivity contribution is -0.179. The van der Waals surface area contributed by atoms with E-state index >= 15 is 0 Å². The molecule has 0 aromatic heterocycles. The van der Waals surface area contributed by atoms with Crippen molar-refractivity contribution < 1.29 is 9.47 Å². The van der Waals surface area contributed by atoms with E-state index in [1.165, 1.54) is 55.5 Å². The van der Waals surface area contributed by atoms with Gasteiger partial charge in [-0.15, -0.1) is 0 Å². The Bertz CT molecular complexity index is 1060. The predicted octanol–water partition coefficient (Wildman–Crippen LogP) is 5.82. The molecule has 0 N–H and O–H groups in total. The van der Waals surface area contributed by atoms with Crippen molar-refractivity contribution in [2.24, 2.45) is 23.2 Å². The van der Waals surface area contributed by atoms with Gasteiger partial charge in [0, 0.05) is 43.1 Å². The fourth-order valence-corrected chi connectivity index (χ4v) is 8.94. The first-order valence-corrected chi connectivity index (χ1v) is 14.1. The fourth-order valence-electron chi connectivity index (χ4n) is 8.94. The number of nitrogens with zero attached hydrogens (tertiary/aromatic N) is 2. The summed E-state index contributed by atoms with van der Waals surface area (Å²) in [6, 6.07) is 11.9. The molecule has 194 valence electrons. The van der Waals surface area contributed by atoms with Crippen LogP contribution in [0.25, 0.3) is 0 Å². The fraction of sp³-hybridized carbons (Fsp3) is 0.625. The van der Waals surface area contributed by atoms with Gasteiger partial charge in [-0.3, -0.25) is 9.80 Å². The highest BCUT2D eigenvalue weighted by atomic mass is 16.5. The zero-order valence-electron chi connectivity index (χ0n) is 22.7. The predicted molar refractivity (Wildman–Crippen MR) is 145 cm³/mol. The minimum atomic E-state index is -0.122. The molecule has 4 heteroatoms. The Hall–Kier alpha value is -1.88. The van der Waals surface area contributed by atoms with Gasteiger partial charge >= 0.3 is 0 Å². The van der Waals surface area contributed by atoms with Gasteiger partial charge in [-0.2, -0.15) is 0 Å². The quantitative estimate of drug-likeness (QED) is 0.340. The maximum absolute atomic E-state index is 7.18. The summed E-state index contributed by atoms with van der Waals surface area (Å²) in [5, 5.41) is 0. The van der Waals surface area contributed by atoms with Crippen LogP contribution in [0.4, 0.5) is 0 Å². The van der Waals surface area contributed by atoms with Crippen LogP contribution in [0.3, 0.4) is 0 Å². The van der Waals surface area contributed by atoms with Gasteiger partial charge in [-0.05, 0) is 88.1 Å². The van der Waals surface area contributed by atoms with Crippen molar-refractivity contribution in [3.8, 4) is 0 Å². The molecule has 6 rings (SSSR count). The van der Waals surface area contributed by atoms with Crippen LogP contribution < -0.4 is 0 Å². The van der Waals surface area contributed by atoms with Crippen molar-refractivity contribution in [1.82, 2.24) is 9.80 Å². The van der Waals surface area contributed by atoms with E-state index in [9.17, 15) is 0 Å². The van der Waals surface area contributed by atoms with Gasteiger partial charge in [-0.25, -0.2) is 0 Å². The second kappa shape index (κ2) is 9.15. The van der Waals surface area contributed by atoms with E-state index < -0.39 is 0 Å². The van der Waals surface area contributed by atoms with Crippen molar-refractivity contribution in [3.05, 3.63) is 71.5 Å². The highest BCUT2D eigenvalue weighted by Gasteiger charge is 2.75. The van der Waals surface area contributed by atoms with Crippen LogP contribution in [0, 0.1) is 23.2 Å². The van der Waals surface area contributed by atoms with Crippen molar-refractivity contribution in [2.45, 2.75) is 70.2 Å². The summed E-state index contributed by atoms with van der Waals surface area (Å²) in [4.78, 5) is 5.45. The zero-order valence-corrected chi connectivity index (χ0v) is 22.7. The molecule has 1 spiro atoms. The Morgan fingerprint density at radius 1 is 1.25 bits per heavy atom. The van der Waals surface area contributed by atoms with Crippen LogP contribution in [0.1, 0.15) is 51.5 Å². The van der Waals surface area contributed by atoms with Gasteiger partial charge in [0.25, 0.3) is 0 Å². The Labute approximate surface area is 218 Å². The molecule has 4 fully saturated rings. The number of hydrogen-bond donors (Lipinski definition) is 0. The first-order valence-electron chi connectivity index (χ1n) is 14.1. The lowest BCUT2D eigenvalue weighted by atomic mass is 9.47. The number of methoxy groups -OCH3 is 1. The maximum Gasteiger partial charge on any atom is 0.118 e. The van der Waals surface area contributed by atoms with Crippen LogP contribution >= 0.6 is 0 Å². The third kappa shape index (κ3) is 3.51. The molecular weight excluding hydrogens is 444 g/mol. The Morgan fingerprint density at radius 2 is 2.03 bits per heavy atom. The SMILES string of the molecule is C=C/C(=C\C1=C(C)CC2CN(CC3CC3)C(C)C34CCC(N(C)Cc5ccccc5)C(CO3)C124)OC. The van der Waals surface area contributed by atoms with Crippen molar-refractivity contribution in [3.63, 3.8) is 0 Å². The van der Waals surface area contributed by atoms with E-state index in [-0.39, 0.29) is 11.0 Å². The Balaban J connectivity index is 1.43. The second-order valence-electron chi connectivity index (χ2n) is 12.3. The molecular formula is C32H44N2O2. The van der Waals surface area contributed by atoms with E-state index in [1.54, 1.807) is 7.11 Å². The van der Waals surface area contributed by atoms with Crippen LogP contribution in [0.15, 0.2) is 66.0 Å². The Morgan fingerprint density at radius 3 is 2.72 bits per heavy atom. The number of rotatable bonds is 8. The third-order valence-electron chi connectivity index (χ3n) is 10.6. The number of piperidine rings is 1. The highest BCUT2D eigenvalue weighted by molar-refractivity contribution is 5.48. The van der Waals surface area contributed by atoms with Gasteiger partial charge in [0.05, 0.1) is 19.3 Å². The summed E-state index contributed by atoms with van der Waals surface area (Å²) in [7, 11) is 4.11. The van der Waals surface area contributed by atoms with Gasteiger partial charge < -0.3 is 9.47 Å². The third-order valence-corrected chi connectivity index (χ3v) is 10.6. The zero-order chi connectivity index (χ0) is 25.1. The average Bonchev–Trinajstić information content (AvgIpc) is 3.62. The van der Waals surface area contributed by atoms with Gasteiger partial charge in [-0.1, -0.05) is 42.5 Å². The van der Waals surface area contributed by atoms with E-state index in [0.717, 1.165) is 31.2 Å². The molecule has 4 nitrogen and oxygen atoms in total. The van der Waals surface area contributed by atoms with Crippen LogP contribution in [0.5, 0.6) is 0 Å². The van der Waals surface area contributed by atoms with E-state index in [4.69, 9.17) is 9.47 Å². The highest BCUT2D eigenvalue weighted by Crippen LogP contribution is 2.71. The second-order valence-corrected chi connectivity index (χ2v) is 12.3. The van der Waals surface area contributed by atoms with Gasteiger partial charge in [0.2, 0.25) is 0 Å². The van der Waals surface area contributed by atoms with Crippen molar-refractivity contribution in [1.29, 1.82) is 0 Å². The normalized spacial score (nSPS) is 38.3. The van der Waals surface area contributed by atoms with Crippen molar-refractivity contribution in [2.75, 3.05) is 33.9 Å².